The summed E-state index contributed by atoms with van der Waals surface area (Å²) in [5.41, 5.74) is 5.63. The van der Waals surface area contributed by atoms with Crippen LogP contribution in [0.15, 0.2) is 11.6 Å². The third-order valence-corrected chi connectivity index (χ3v) is 3.05. The molecule has 18 heavy (non-hydrogen) atoms. The number of ether oxygens (including phenoxy) is 1. The molecule has 2 atom stereocenters. The Morgan fingerprint density at radius 1 is 1.61 bits per heavy atom. The van der Waals surface area contributed by atoms with Gasteiger partial charge in [-0.15, -0.1) is 36.2 Å². The van der Waals surface area contributed by atoms with E-state index < -0.39 is 6.04 Å². The van der Waals surface area contributed by atoms with Crippen molar-refractivity contribution in [3.05, 3.63) is 16.6 Å². The van der Waals surface area contributed by atoms with E-state index in [1.54, 1.807) is 6.20 Å². The lowest BCUT2D eigenvalue weighted by molar-refractivity contribution is -0.124. The maximum atomic E-state index is 11.7. The molecule has 0 saturated carbocycles. The van der Waals surface area contributed by atoms with Crippen molar-refractivity contribution in [3.63, 3.8) is 0 Å². The normalized spacial score (nSPS) is 12.8. The highest BCUT2D eigenvalue weighted by molar-refractivity contribution is 7.09. The molecule has 0 saturated heterocycles. The van der Waals surface area contributed by atoms with Gasteiger partial charge in [0.05, 0.1) is 12.6 Å². The van der Waals surface area contributed by atoms with Crippen LogP contribution in [0.1, 0.15) is 24.4 Å². The van der Waals surface area contributed by atoms with Gasteiger partial charge in [0.15, 0.2) is 0 Å². The van der Waals surface area contributed by atoms with E-state index in [0.717, 1.165) is 11.4 Å². The number of carbonyl (C=O) groups excluding carboxylic acids is 1. The molecule has 1 aromatic rings. The molecule has 3 N–H and O–H groups in total. The van der Waals surface area contributed by atoms with Crippen LogP contribution in [-0.2, 0) is 9.53 Å². The Balaban J connectivity index is 0. The lowest BCUT2D eigenvalue weighted by Gasteiger charge is -2.17. The standard InChI is InChI=1S/C10H17N3O2S.2ClH/c1-3-8(10-12-4-5-16-10)13-9(14)7(11)6-15-2;;/h4-5,7-8H,3,6,11H2,1-2H3,(H,13,14);2*1H. The lowest BCUT2D eigenvalue weighted by atomic mass is 10.2. The highest BCUT2D eigenvalue weighted by Crippen LogP contribution is 2.18. The van der Waals surface area contributed by atoms with Gasteiger partial charge in [0.1, 0.15) is 11.0 Å². The van der Waals surface area contributed by atoms with Gasteiger partial charge in [-0.05, 0) is 6.42 Å². The lowest BCUT2D eigenvalue weighted by Crippen LogP contribution is -2.44. The average molecular weight is 316 g/mol. The number of hydrogen-bond donors (Lipinski definition) is 2. The Morgan fingerprint density at radius 3 is 2.72 bits per heavy atom. The van der Waals surface area contributed by atoms with Gasteiger partial charge in [0.25, 0.3) is 0 Å². The maximum Gasteiger partial charge on any atom is 0.239 e. The monoisotopic (exact) mass is 315 g/mol. The van der Waals surface area contributed by atoms with Crippen LogP contribution >= 0.6 is 36.2 Å². The van der Waals surface area contributed by atoms with E-state index in [9.17, 15) is 4.79 Å². The van der Waals surface area contributed by atoms with Crippen molar-refractivity contribution in [1.29, 1.82) is 0 Å². The zero-order valence-corrected chi connectivity index (χ0v) is 12.7. The van der Waals surface area contributed by atoms with Gasteiger partial charge in [-0.1, -0.05) is 6.92 Å². The Morgan fingerprint density at radius 2 is 2.28 bits per heavy atom. The number of amides is 1. The van der Waals surface area contributed by atoms with Gasteiger partial charge in [-0.25, -0.2) is 4.98 Å². The summed E-state index contributed by atoms with van der Waals surface area (Å²) in [6, 6.07) is -0.686. The number of nitrogens with two attached hydrogens (primary N) is 1. The van der Waals surface area contributed by atoms with Gasteiger partial charge in [-0.3, -0.25) is 4.79 Å². The quantitative estimate of drug-likeness (QED) is 0.834. The minimum Gasteiger partial charge on any atom is -0.383 e. The number of nitrogens with zero attached hydrogens (tertiary/aromatic N) is 1. The number of methoxy groups -OCH3 is 1. The van der Waals surface area contributed by atoms with Crippen molar-refractivity contribution in [3.8, 4) is 0 Å². The number of hydrogen-bond acceptors (Lipinski definition) is 5. The van der Waals surface area contributed by atoms with E-state index in [0.29, 0.717) is 0 Å². The molecule has 1 amide bonds. The van der Waals surface area contributed by atoms with Gasteiger partial charge >= 0.3 is 0 Å². The SMILES string of the molecule is CCC(NC(=O)C(N)COC)c1nccs1.Cl.Cl. The molecule has 2 unspecified atom stereocenters. The van der Waals surface area contributed by atoms with Crippen LogP contribution in [0.5, 0.6) is 0 Å². The molecule has 0 fully saturated rings. The summed E-state index contributed by atoms with van der Waals surface area (Å²) in [6.07, 6.45) is 2.52. The van der Waals surface area contributed by atoms with Crippen LogP contribution in [-0.4, -0.2) is 30.6 Å². The van der Waals surface area contributed by atoms with Crippen molar-refractivity contribution in [1.82, 2.24) is 10.3 Å². The first kappa shape index (κ1) is 19.9. The van der Waals surface area contributed by atoms with E-state index in [4.69, 9.17) is 10.5 Å². The predicted molar refractivity (Wildman–Crippen MR) is 77.6 cm³/mol. The highest BCUT2D eigenvalue weighted by Gasteiger charge is 2.19. The maximum absolute atomic E-state index is 11.7. The Kier molecular flexibility index (Phi) is 11.6. The molecule has 0 bridgehead atoms. The van der Waals surface area contributed by atoms with Crippen LogP contribution in [0, 0.1) is 0 Å². The Bertz CT molecular complexity index is 325. The Hall–Kier alpha value is -0.400. The fourth-order valence-electron chi connectivity index (χ4n) is 1.28. The molecular formula is C10H19Cl2N3O2S. The molecule has 1 heterocycles. The topological polar surface area (TPSA) is 77.2 Å². The minimum atomic E-state index is -0.626. The van der Waals surface area contributed by atoms with Crippen molar-refractivity contribution in [2.75, 3.05) is 13.7 Å². The molecular weight excluding hydrogens is 297 g/mol. The molecule has 8 heteroatoms. The summed E-state index contributed by atoms with van der Waals surface area (Å²) in [4.78, 5) is 15.8. The average Bonchev–Trinajstić information content (AvgIpc) is 2.79. The number of carbonyl (C=O) groups is 1. The molecule has 0 aliphatic heterocycles. The Labute approximate surface area is 123 Å². The molecule has 106 valence electrons. The van der Waals surface area contributed by atoms with Gasteiger partial charge in [-0.2, -0.15) is 0 Å². The number of nitrogens with one attached hydrogen (secondary N) is 1. The van der Waals surface area contributed by atoms with E-state index in [1.807, 2.05) is 12.3 Å². The molecule has 0 radical (unpaired) electrons. The van der Waals surface area contributed by atoms with E-state index in [2.05, 4.69) is 10.3 Å². The third-order valence-electron chi connectivity index (χ3n) is 2.16. The molecule has 0 aliphatic rings. The molecule has 0 aromatic carbocycles. The van der Waals surface area contributed by atoms with Gasteiger partial charge in [0, 0.05) is 18.7 Å². The number of aromatic nitrogens is 1. The van der Waals surface area contributed by atoms with Crippen molar-refractivity contribution >= 4 is 42.1 Å². The second-order valence-corrected chi connectivity index (χ2v) is 4.33. The third kappa shape index (κ3) is 5.97. The number of thiazole rings is 1. The second kappa shape index (κ2) is 10.5. The van der Waals surface area contributed by atoms with Crippen LogP contribution in [0.2, 0.25) is 0 Å². The summed E-state index contributed by atoms with van der Waals surface area (Å²) >= 11 is 1.52. The van der Waals surface area contributed by atoms with E-state index in [1.165, 1.54) is 18.4 Å². The van der Waals surface area contributed by atoms with Crippen molar-refractivity contribution < 1.29 is 9.53 Å². The predicted octanol–water partition coefficient (Wildman–Crippen LogP) is 1.53. The van der Waals surface area contributed by atoms with Gasteiger partial charge in [0.2, 0.25) is 5.91 Å². The molecule has 1 aromatic heterocycles. The second-order valence-electron chi connectivity index (χ2n) is 3.40. The van der Waals surface area contributed by atoms with Crippen molar-refractivity contribution in [2.24, 2.45) is 5.73 Å². The summed E-state index contributed by atoms with van der Waals surface area (Å²) < 4.78 is 4.83. The first-order valence-corrected chi connectivity index (χ1v) is 6.01. The van der Waals surface area contributed by atoms with Crippen LogP contribution in [0.3, 0.4) is 0 Å². The van der Waals surface area contributed by atoms with E-state index >= 15 is 0 Å². The van der Waals surface area contributed by atoms with Crippen LogP contribution in [0.4, 0.5) is 0 Å². The first-order valence-electron chi connectivity index (χ1n) is 5.13. The summed E-state index contributed by atoms with van der Waals surface area (Å²) in [6.45, 7) is 2.22. The molecule has 0 aliphatic carbocycles. The minimum absolute atomic E-state index is 0. The van der Waals surface area contributed by atoms with Crippen molar-refractivity contribution in [2.45, 2.75) is 25.4 Å². The number of rotatable bonds is 6. The summed E-state index contributed by atoms with van der Waals surface area (Å²) in [5.74, 6) is -0.205. The zero-order valence-electron chi connectivity index (χ0n) is 10.3. The largest absolute Gasteiger partial charge is 0.383 e. The highest BCUT2D eigenvalue weighted by atomic mass is 35.5. The fraction of sp³-hybridized carbons (Fsp3) is 0.600. The first-order chi connectivity index (χ1) is 7.69. The van der Waals surface area contributed by atoms with Gasteiger partial charge < -0.3 is 15.8 Å². The molecule has 1 rings (SSSR count). The van der Waals surface area contributed by atoms with Crippen LogP contribution in [0.25, 0.3) is 0 Å². The fourth-order valence-corrected chi connectivity index (χ4v) is 2.05. The molecule has 0 spiro atoms. The summed E-state index contributed by atoms with van der Waals surface area (Å²) in [5, 5.41) is 5.65. The van der Waals surface area contributed by atoms with E-state index in [-0.39, 0.29) is 43.4 Å². The zero-order chi connectivity index (χ0) is 12.0. The van der Waals surface area contributed by atoms with Crippen LogP contribution < -0.4 is 11.1 Å². The molecule has 5 nitrogen and oxygen atoms in total. The summed E-state index contributed by atoms with van der Waals surface area (Å²) in [7, 11) is 1.52. The smallest absolute Gasteiger partial charge is 0.239 e. The number of halogens is 2.